The van der Waals surface area contributed by atoms with E-state index in [1.54, 1.807) is 0 Å². The van der Waals surface area contributed by atoms with Gasteiger partial charge in [0.15, 0.2) is 0 Å². The lowest BCUT2D eigenvalue weighted by Crippen LogP contribution is -2.34. The lowest BCUT2D eigenvalue weighted by Gasteiger charge is -2.36. The molecule has 2 atom stereocenters. The second kappa shape index (κ2) is 14.3. The van der Waals surface area contributed by atoms with Crippen LogP contribution < -0.4 is 0 Å². The Bertz CT molecular complexity index is 551. The molecule has 1 aliphatic rings. The van der Waals surface area contributed by atoms with Crippen LogP contribution in [-0.2, 0) is 0 Å². The van der Waals surface area contributed by atoms with Crippen molar-refractivity contribution in [1.82, 2.24) is 4.90 Å². The fourth-order valence-corrected chi connectivity index (χ4v) is 4.22. The standard InChI is InChI=1S/C26H42N2/c1-6-11-14-22(8-3)20-28(21-23(9-4)15-12-7-2)26-17-13-16-25(18-26)24(10-5)19-27/h5,18,22-23H,6-9,11-17,20-21H2,1-4H3/b25-24-. The molecule has 1 rings (SSSR count). The van der Waals surface area contributed by atoms with E-state index in [4.69, 9.17) is 6.42 Å². The van der Waals surface area contributed by atoms with Crippen molar-refractivity contribution in [1.29, 1.82) is 5.26 Å². The highest BCUT2D eigenvalue weighted by atomic mass is 15.1. The van der Waals surface area contributed by atoms with Gasteiger partial charge >= 0.3 is 0 Å². The van der Waals surface area contributed by atoms with Crippen molar-refractivity contribution < 1.29 is 0 Å². The Morgan fingerprint density at radius 3 is 2.04 bits per heavy atom. The first-order valence-electron chi connectivity index (χ1n) is 11.7. The molecule has 0 fully saturated rings. The first kappa shape index (κ1) is 24.4. The van der Waals surface area contributed by atoms with Crippen LogP contribution in [0.25, 0.3) is 0 Å². The number of terminal acetylenes is 1. The summed E-state index contributed by atoms with van der Waals surface area (Å²) in [6.45, 7) is 11.5. The quantitative estimate of drug-likeness (QED) is 0.248. The largest absolute Gasteiger partial charge is 0.374 e. The van der Waals surface area contributed by atoms with Crippen molar-refractivity contribution >= 4 is 0 Å². The fraction of sp³-hybridized carbons (Fsp3) is 0.731. The zero-order valence-electron chi connectivity index (χ0n) is 18.9. The zero-order chi connectivity index (χ0) is 20.8. The molecule has 0 aliphatic heterocycles. The molecular formula is C26H42N2. The van der Waals surface area contributed by atoms with Gasteiger partial charge in [-0.2, -0.15) is 5.26 Å². The minimum absolute atomic E-state index is 0.521. The maximum Gasteiger partial charge on any atom is 0.109 e. The Labute approximate surface area is 175 Å². The van der Waals surface area contributed by atoms with Gasteiger partial charge in [-0.1, -0.05) is 72.1 Å². The fourth-order valence-electron chi connectivity index (χ4n) is 4.22. The molecular weight excluding hydrogens is 340 g/mol. The molecule has 156 valence electrons. The highest BCUT2D eigenvalue weighted by molar-refractivity contribution is 5.48. The molecule has 0 saturated heterocycles. The number of hydrogen-bond donors (Lipinski definition) is 0. The lowest BCUT2D eigenvalue weighted by atomic mass is 9.91. The Morgan fingerprint density at radius 1 is 1.04 bits per heavy atom. The maximum absolute atomic E-state index is 9.37. The van der Waals surface area contributed by atoms with Gasteiger partial charge in [0.25, 0.3) is 0 Å². The molecule has 2 nitrogen and oxygen atoms in total. The van der Waals surface area contributed by atoms with E-state index < -0.39 is 0 Å². The van der Waals surface area contributed by atoms with Crippen molar-refractivity contribution in [2.75, 3.05) is 13.1 Å². The minimum Gasteiger partial charge on any atom is -0.374 e. The molecule has 0 radical (unpaired) electrons. The van der Waals surface area contributed by atoms with Gasteiger partial charge in [-0.3, -0.25) is 0 Å². The van der Waals surface area contributed by atoms with Crippen LogP contribution in [0.1, 0.15) is 98.3 Å². The van der Waals surface area contributed by atoms with E-state index in [2.05, 4.69) is 50.7 Å². The van der Waals surface area contributed by atoms with E-state index in [-0.39, 0.29) is 0 Å². The third-order valence-corrected chi connectivity index (χ3v) is 6.25. The van der Waals surface area contributed by atoms with E-state index in [1.165, 1.54) is 57.1 Å². The first-order valence-corrected chi connectivity index (χ1v) is 11.7. The summed E-state index contributed by atoms with van der Waals surface area (Å²) in [5.74, 6) is 4.10. The highest BCUT2D eigenvalue weighted by Crippen LogP contribution is 2.30. The third-order valence-electron chi connectivity index (χ3n) is 6.25. The number of nitriles is 1. The van der Waals surface area contributed by atoms with Crippen LogP contribution in [0, 0.1) is 35.5 Å². The monoisotopic (exact) mass is 382 g/mol. The number of nitrogens with zero attached hydrogens (tertiary/aromatic N) is 2. The van der Waals surface area contributed by atoms with E-state index >= 15 is 0 Å². The predicted octanol–water partition coefficient (Wildman–Crippen LogP) is 7.24. The smallest absolute Gasteiger partial charge is 0.109 e. The van der Waals surface area contributed by atoms with Gasteiger partial charge in [0.1, 0.15) is 11.6 Å². The minimum atomic E-state index is 0.521. The summed E-state index contributed by atoms with van der Waals surface area (Å²) in [6.07, 6.45) is 21.3. The van der Waals surface area contributed by atoms with Crippen LogP contribution in [0.2, 0.25) is 0 Å². The van der Waals surface area contributed by atoms with Crippen molar-refractivity contribution in [2.45, 2.75) is 98.3 Å². The molecule has 0 aromatic rings. The van der Waals surface area contributed by atoms with Crippen molar-refractivity contribution in [3.63, 3.8) is 0 Å². The van der Waals surface area contributed by atoms with Gasteiger partial charge in [-0.05, 0) is 55.6 Å². The summed E-state index contributed by atoms with van der Waals surface area (Å²) in [6, 6.07) is 2.22. The topological polar surface area (TPSA) is 27.0 Å². The lowest BCUT2D eigenvalue weighted by molar-refractivity contribution is 0.215. The molecule has 0 aromatic carbocycles. The molecule has 0 spiro atoms. The first-order chi connectivity index (χ1) is 13.6. The normalized spacial score (nSPS) is 17.9. The molecule has 1 aliphatic carbocycles. The summed E-state index contributed by atoms with van der Waals surface area (Å²) in [7, 11) is 0. The van der Waals surface area contributed by atoms with Crippen LogP contribution in [0.15, 0.2) is 22.9 Å². The van der Waals surface area contributed by atoms with Gasteiger partial charge in [-0.25, -0.2) is 0 Å². The van der Waals surface area contributed by atoms with Crippen molar-refractivity contribution in [3.8, 4) is 18.4 Å². The SMILES string of the molecule is C#C/C(C#N)=C1/C=C(N(CC(CC)CCCC)CC(CC)CCCC)CCC1. The van der Waals surface area contributed by atoms with Crippen molar-refractivity contribution in [3.05, 3.63) is 22.9 Å². The van der Waals surface area contributed by atoms with Crippen molar-refractivity contribution in [2.24, 2.45) is 11.8 Å². The third kappa shape index (κ3) is 8.14. The van der Waals surface area contributed by atoms with Crippen LogP contribution >= 0.6 is 0 Å². The average molecular weight is 383 g/mol. The summed E-state index contributed by atoms with van der Waals surface area (Å²) in [5.41, 5.74) is 3.00. The van der Waals surface area contributed by atoms with E-state index in [9.17, 15) is 5.26 Å². The molecule has 0 amide bonds. The molecule has 0 N–H and O–H groups in total. The number of allylic oxidation sites excluding steroid dienone is 4. The molecule has 0 heterocycles. The molecule has 2 unspecified atom stereocenters. The Hall–Kier alpha value is -1.67. The van der Waals surface area contributed by atoms with Crippen LogP contribution in [0.3, 0.4) is 0 Å². The summed E-state index contributed by atoms with van der Waals surface area (Å²) in [4.78, 5) is 2.67. The zero-order valence-corrected chi connectivity index (χ0v) is 18.9. The Balaban J connectivity index is 3.09. The van der Waals surface area contributed by atoms with Gasteiger partial charge in [0, 0.05) is 18.8 Å². The number of unbranched alkanes of at least 4 members (excludes halogenated alkanes) is 2. The Morgan fingerprint density at radius 2 is 1.61 bits per heavy atom. The molecule has 0 bridgehead atoms. The van der Waals surface area contributed by atoms with Gasteiger partial charge in [0.05, 0.1) is 0 Å². The molecule has 0 saturated carbocycles. The summed E-state index contributed by atoms with van der Waals surface area (Å²) in [5, 5.41) is 9.37. The van der Waals surface area contributed by atoms with Gasteiger partial charge in [-0.15, -0.1) is 6.42 Å². The number of rotatable bonds is 13. The van der Waals surface area contributed by atoms with Gasteiger partial charge < -0.3 is 4.90 Å². The molecule has 0 aromatic heterocycles. The molecule has 2 heteroatoms. The second-order valence-corrected chi connectivity index (χ2v) is 8.38. The van der Waals surface area contributed by atoms with E-state index in [0.717, 1.165) is 49.8 Å². The predicted molar refractivity (Wildman–Crippen MR) is 122 cm³/mol. The van der Waals surface area contributed by atoms with Crippen LogP contribution in [0.5, 0.6) is 0 Å². The average Bonchev–Trinajstić information content (AvgIpc) is 2.73. The summed E-state index contributed by atoms with van der Waals surface area (Å²) >= 11 is 0. The van der Waals surface area contributed by atoms with Crippen LogP contribution in [-0.4, -0.2) is 18.0 Å². The molecule has 28 heavy (non-hydrogen) atoms. The van der Waals surface area contributed by atoms with Gasteiger partial charge in [0.2, 0.25) is 0 Å². The number of hydrogen-bond acceptors (Lipinski definition) is 2. The highest BCUT2D eigenvalue weighted by Gasteiger charge is 2.21. The van der Waals surface area contributed by atoms with E-state index in [1.807, 2.05) is 0 Å². The Kier molecular flexibility index (Phi) is 12.5. The summed E-state index contributed by atoms with van der Waals surface area (Å²) < 4.78 is 0. The maximum atomic E-state index is 9.37. The second-order valence-electron chi connectivity index (χ2n) is 8.38. The van der Waals surface area contributed by atoms with E-state index in [0.29, 0.717) is 5.57 Å². The van der Waals surface area contributed by atoms with Crippen LogP contribution in [0.4, 0.5) is 0 Å².